The highest BCUT2D eigenvalue weighted by Crippen LogP contribution is 2.49. The summed E-state index contributed by atoms with van der Waals surface area (Å²) in [6, 6.07) is -0.627. The van der Waals surface area contributed by atoms with Gasteiger partial charge in [0, 0.05) is 0 Å². The van der Waals surface area contributed by atoms with E-state index in [1.807, 2.05) is 0 Å². The maximum Gasteiger partial charge on any atom is 0.320 e. The Balaban J connectivity index is 1.89. The molecule has 3 heteroatoms. The van der Waals surface area contributed by atoms with Gasteiger partial charge in [0.1, 0.15) is 6.04 Å². The molecular weight excluding hydrogens is 166 g/mol. The summed E-state index contributed by atoms with van der Waals surface area (Å²) in [5.41, 5.74) is 5.62. The van der Waals surface area contributed by atoms with Crippen LogP contribution in [0.2, 0.25) is 0 Å². The summed E-state index contributed by atoms with van der Waals surface area (Å²) in [7, 11) is 0. The van der Waals surface area contributed by atoms with Crippen LogP contribution in [0.5, 0.6) is 0 Å². The molecule has 0 aromatic heterocycles. The van der Waals surface area contributed by atoms with Gasteiger partial charge in [-0.3, -0.25) is 4.79 Å². The number of hydrogen-bond donors (Lipinski definition) is 2. The van der Waals surface area contributed by atoms with E-state index in [-0.39, 0.29) is 5.92 Å². The Morgan fingerprint density at radius 2 is 1.77 bits per heavy atom. The summed E-state index contributed by atoms with van der Waals surface area (Å²) >= 11 is 0. The molecule has 0 heterocycles. The lowest BCUT2D eigenvalue weighted by Crippen LogP contribution is -2.37. The second-order valence-electron chi connectivity index (χ2n) is 4.53. The predicted molar refractivity (Wildman–Crippen MR) is 49.2 cm³/mol. The van der Waals surface area contributed by atoms with E-state index in [9.17, 15) is 4.79 Å². The van der Waals surface area contributed by atoms with Gasteiger partial charge in [0.05, 0.1) is 0 Å². The monoisotopic (exact) mass is 183 g/mol. The molecule has 0 aliphatic heterocycles. The molecule has 0 radical (unpaired) electrons. The standard InChI is InChI=1S/C10H17NO2/c11-9(10(12)13)6-1-3-7-5-8(7)4-2-6/h6-9H,1-5,11H2,(H,12,13). The van der Waals surface area contributed by atoms with Crippen molar-refractivity contribution in [3.63, 3.8) is 0 Å². The summed E-state index contributed by atoms with van der Waals surface area (Å²) in [4.78, 5) is 10.7. The van der Waals surface area contributed by atoms with E-state index in [0.29, 0.717) is 0 Å². The van der Waals surface area contributed by atoms with Crippen LogP contribution >= 0.6 is 0 Å². The van der Waals surface area contributed by atoms with Crippen molar-refractivity contribution < 1.29 is 9.90 Å². The van der Waals surface area contributed by atoms with E-state index in [1.54, 1.807) is 0 Å². The number of aliphatic carboxylic acids is 1. The lowest BCUT2D eigenvalue weighted by molar-refractivity contribution is -0.140. The van der Waals surface area contributed by atoms with Crippen LogP contribution < -0.4 is 5.73 Å². The van der Waals surface area contributed by atoms with Gasteiger partial charge in [-0.25, -0.2) is 0 Å². The van der Waals surface area contributed by atoms with Gasteiger partial charge >= 0.3 is 5.97 Å². The van der Waals surface area contributed by atoms with Crippen molar-refractivity contribution in [2.45, 2.75) is 38.1 Å². The molecule has 2 aliphatic carbocycles. The van der Waals surface area contributed by atoms with E-state index in [2.05, 4.69) is 0 Å². The van der Waals surface area contributed by atoms with Gasteiger partial charge in [0.2, 0.25) is 0 Å². The highest BCUT2D eigenvalue weighted by Gasteiger charge is 2.40. The maximum atomic E-state index is 10.7. The SMILES string of the molecule is NC(C(=O)O)C1CCC2CC2CC1. The van der Waals surface area contributed by atoms with E-state index in [1.165, 1.54) is 19.3 Å². The molecule has 3 nitrogen and oxygen atoms in total. The Kier molecular flexibility index (Phi) is 2.28. The van der Waals surface area contributed by atoms with Crippen molar-refractivity contribution in [1.29, 1.82) is 0 Å². The average molecular weight is 183 g/mol. The van der Waals surface area contributed by atoms with Gasteiger partial charge < -0.3 is 10.8 Å². The Morgan fingerprint density at radius 1 is 1.23 bits per heavy atom. The normalized spacial score (nSPS) is 40.2. The van der Waals surface area contributed by atoms with Crippen LogP contribution in [0.4, 0.5) is 0 Å². The second kappa shape index (κ2) is 3.29. The summed E-state index contributed by atoms with van der Waals surface area (Å²) in [6.07, 6.45) is 5.84. The number of rotatable bonds is 2. The third kappa shape index (κ3) is 1.85. The molecule has 0 saturated heterocycles. The van der Waals surface area contributed by atoms with Crippen molar-refractivity contribution in [2.24, 2.45) is 23.5 Å². The molecule has 2 fully saturated rings. The van der Waals surface area contributed by atoms with Crippen LogP contribution in [-0.4, -0.2) is 17.1 Å². The first-order valence-corrected chi connectivity index (χ1v) is 5.17. The first-order chi connectivity index (χ1) is 6.18. The second-order valence-corrected chi connectivity index (χ2v) is 4.53. The van der Waals surface area contributed by atoms with Gasteiger partial charge in [-0.15, -0.1) is 0 Å². The van der Waals surface area contributed by atoms with E-state index >= 15 is 0 Å². The minimum atomic E-state index is -0.833. The zero-order chi connectivity index (χ0) is 9.42. The molecule has 74 valence electrons. The van der Waals surface area contributed by atoms with E-state index < -0.39 is 12.0 Å². The molecule has 0 spiro atoms. The molecule has 2 rings (SSSR count). The maximum absolute atomic E-state index is 10.7. The fraction of sp³-hybridized carbons (Fsp3) is 0.900. The molecule has 0 bridgehead atoms. The van der Waals surface area contributed by atoms with Crippen LogP contribution in [-0.2, 0) is 4.79 Å². The Bertz CT molecular complexity index is 205. The first-order valence-electron chi connectivity index (χ1n) is 5.17. The Hall–Kier alpha value is -0.570. The van der Waals surface area contributed by atoms with Crippen molar-refractivity contribution in [3.8, 4) is 0 Å². The highest BCUT2D eigenvalue weighted by atomic mass is 16.4. The third-order valence-corrected chi connectivity index (χ3v) is 3.68. The van der Waals surface area contributed by atoms with Gasteiger partial charge in [0.25, 0.3) is 0 Å². The first kappa shape index (κ1) is 9.00. The van der Waals surface area contributed by atoms with Crippen molar-refractivity contribution in [1.82, 2.24) is 0 Å². The van der Waals surface area contributed by atoms with Crippen molar-refractivity contribution >= 4 is 5.97 Å². The smallest absolute Gasteiger partial charge is 0.320 e. The van der Waals surface area contributed by atoms with Gasteiger partial charge in [-0.05, 0) is 49.9 Å². The quantitative estimate of drug-likeness (QED) is 0.676. The molecule has 3 atom stereocenters. The fourth-order valence-electron chi connectivity index (χ4n) is 2.58. The molecule has 13 heavy (non-hydrogen) atoms. The number of carbonyl (C=O) groups is 1. The summed E-state index contributed by atoms with van der Waals surface area (Å²) in [6.45, 7) is 0. The van der Waals surface area contributed by atoms with Crippen LogP contribution in [0.1, 0.15) is 32.1 Å². The van der Waals surface area contributed by atoms with Gasteiger partial charge in [0.15, 0.2) is 0 Å². The van der Waals surface area contributed by atoms with Gasteiger partial charge in [-0.1, -0.05) is 0 Å². The highest BCUT2D eigenvalue weighted by molar-refractivity contribution is 5.73. The zero-order valence-electron chi connectivity index (χ0n) is 7.78. The minimum absolute atomic E-state index is 0.227. The number of fused-ring (bicyclic) bond motifs is 1. The zero-order valence-corrected chi connectivity index (χ0v) is 7.78. The topological polar surface area (TPSA) is 63.3 Å². The molecule has 2 saturated carbocycles. The fourth-order valence-corrected chi connectivity index (χ4v) is 2.58. The van der Waals surface area contributed by atoms with E-state index in [0.717, 1.165) is 24.7 Å². The Morgan fingerprint density at radius 3 is 2.23 bits per heavy atom. The van der Waals surface area contributed by atoms with Crippen LogP contribution in [0.3, 0.4) is 0 Å². The number of carboxylic acid groups (broad SMARTS) is 1. The molecule has 2 aliphatic rings. The minimum Gasteiger partial charge on any atom is -0.480 e. The third-order valence-electron chi connectivity index (χ3n) is 3.68. The predicted octanol–water partition coefficient (Wildman–Crippen LogP) is 1.22. The van der Waals surface area contributed by atoms with Crippen LogP contribution in [0.15, 0.2) is 0 Å². The van der Waals surface area contributed by atoms with Crippen molar-refractivity contribution in [2.75, 3.05) is 0 Å². The molecule has 3 N–H and O–H groups in total. The summed E-state index contributed by atoms with van der Waals surface area (Å²) in [5, 5.41) is 8.78. The molecule has 0 aromatic carbocycles. The van der Waals surface area contributed by atoms with Gasteiger partial charge in [-0.2, -0.15) is 0 Å². The molecule has 0 amide bonds. The molecule has 3 unspecified atom stereocenters. The lowest BCUT2D eigenvalue weighted by atomic mass is 9.91. The Labute approximate surface area is 78.3 Å². The van der Waals surface area contributed by atoms with Crippen LogP contribution in [0, 0.1) is 17.8 Å². The lowest BCUT2D eigenvalue weighted by Gasteiger charge is -2.18. The number of carboxylic acids is 1. The molecular formula is C10H17NO2. The number of hydrogen-bond acceptors (Lipinski definition) is 2. The van der Waals surface area contributed by atoms with Crippen LogP contribution in [0.25, 0.3) is 0 Å². The van der Waals surface area contributed by atoms with E-state index in [4.69, 9.17) is 10.8 Å². The number of nitrogens with two attached hydrogens (primary N) is 1. The average Bonchev–Trinajstić information content (AvgIpc) is 2.79. The van der Waals surface area contributed by atoms with Crippen molar-refractivity contribution in [3.05, 3.63) is 0 Å². The largest absolute Gasteiger partial charge is 0.480 e. The molecule has 0 aromatic rings. The summed E-state index contributed by atoms with van der Waals surface area (Å²) in [5.74, 6) is 1.21. The summed E-state index contributed by atoms with van der Waals surface area (Å²) < 4.78 is 0.